The number of hydrogen-bond acceptors (Lipinski definition) is 5. The average molecular weight is 323 g/mol. The number of benzene rings is 1. The third kappa shape index (κ3) is 2.14. The van der Waals surface area contributed by atoms with E-state index in [2.05, 4.69) is 22.5 Å². The van der Waals surface area contributed by atoms with Crippen molar-refractivity contribution >= 4 is 11.4 Å². The normalized spacial score (nSPS) is 24.0. The van der Waals surface area contributed by atoms with E-state index in [0.29, 0.717) is 5.75 Å². The number of nitro benzene ring substituents is 1. The number of nitro groups is 1. The molecule has 1 aliphatic carbocycles. The first kappa shape index (κ1) is 14.7. The molecule has 0 fully saturated rings. The van der Waals surface area contributed by atoms with E-state index in [1.165, 1.54) is 6.07 Å². The van der Waals surface area contributed by atoms with E-state index in [-0.39, 0.29) is 28.5 Å². The number of rotatable bonds is 3. The van der Waals surface area contributed by atoms with Gasteiger partial charge in [-0.3, -0.25) is 15.1 Å². The molecule has 2 heterocycles. The quantitative estimate of drug-likeness (QED) is 0.528. The van der Waals surface area contributed by atoms with Crippen LogP contribution in [0.1, 0.15) is 29.5 Å². The molecule has 0 saturated carbocycles. The summed E-state index contributed by atoms with van der Waals surface area (Å²) >= 11 is 0. The van der Waals surface area contributed by atoms with Gasteiger partial charge in [-0.25, -0.2) is 0 Å². The molecule has 0 bridgehead atoms. The molecule has 3 atom stereocenters. The third-order valence-electron chi connectivity index (χ3n) is 4.94. The predicted octanol–water partition coefficient (Wildman–Crippen LogP) is 3.82. The van der Waals surface area contributed by atoms with Gasteiger partial charge in [0.05, 0.1) is 29.3 Å². The molecule has 24 heavy (non-hydrogen) atoms. The molecule has 0 saturated heterocycles. The zero-order chi connectivity index (χ0) is 16.7. The predicted molar refractivity (Wildman–Crippen MR) is 90.2 cm³/mol. The van der Waals surface area contributed by atoms with Gasteiger partial charge in [-0.15, -0.1) is 0 Å². The van der Waals surface area contributed by atoms with Crippen molar-refractivity contribution in [2.24, 2.45) is 5.92 Å². The maximum Gasteiger partial charge on any atom is 0.275 e. The molecule has 122 valence electrons. The first-order chi connectivity index (χ1) is 11.7. The summed E-state index contributed by atoms with van der Waals surface area (Å²) in [6.45, 7) is 0. The van der Waals surface area contributed by atoms with Crippen molar-refractivity contribution in [2.45, 2.75) is 18.4 Å². The number of fused-ring (bicyclic) bond motifs is 3. The van der Waals surface area contributed by atoms with E-state index in [1.807, 2.05) is 12.1 Å². The molecule has 1 N–H and O–H groups in total. The lowest BCUT2D eigenvalue weighted by molar-refractivity contribution is -0.385. The molecule has 6 nitrogen and oxygen atoms in total. The number of nitrogens with zero attached hydrogens (tertiary/aromatic N) is 2. The molecule has 2 aromatic rings. The molecular weight excluding hydrogens is 306 g/mol. The average Bonchev–Trinajstić information content (AvgIpc) is 3.10. The van der Waals surface area contributed by atoms with Crippen LogP contribution in [0.2, 0.25) is 0 Å². The molecule has 4 rings (SSSR count). The van der Waals surface area contributed by atoms with E-state index in [4.69, 9.17) is 4.74 Å². The molecule has 1 aromatic heterocycles. The Morgan fingerprint density at radius 3 is 2.79 bits per heavy atom. The second-order valence-electron chi connectivity index (χ2n) is 6.09. The summed E-state index contributed by atoms with van der Waals surface area (Å²) in [5, 5.41) is 15.0. The van der Waals surface area contributed by atoms with Crippen LogP contribution in [0.4, 0.5) is 11.4 Å². The minimum atomic E-state index is -0.310. The molecule has 1 aromatic carbocycles. The molecule has 2 aliphatic rings. The number of ether oxygens (including phenoxy) is 1. The van der Waals surface area contributed by atoms with Crippen LogP contribution in [-0.2, 0) is 0 Å². The van der Waals surface area contributed by atoms with Gasteiger partial charge in [0.25, 0.3) is 5.69 Å². The second-order valence-corrected chi connectivity index (χ2v) is 6.09. The van der Waals surface area contributed by atoms with E-state index >= 15 is 0 Å². The highest BCUT2D eigenvalue weighted by molar-refractivity contribution is 5.73. The van der Waals surface area contributed by atoms with E-state index in [1.54, 1.807) is 25.6 Å². The van der Waals surface area contributed by atoms with Gasteiger partial charge in [-0.2, -0.15) is 0 Å². The van der Waals surface area contributed by atoms with Crippen molar-refractivity contribution in [3.8, 4) is 5.75 Å². The number of anilines is 1. The van der Waals surface area contributed by atoms with Crippen LogP contribution >= 0.6 is 0 Å². The van der Waals surface area contributed by atoms with Gasteiger partial charge in [0.2, 0.25) is 0 Å². The van der Waals surface area contributed by atoms with Crippen LogP contribution in [0, 0.1) is 16.0 Å². The highest BCUT2D eigenvalue weighted by Crippen LogP contribution is 2.54. The summed E-state index contributed by atoms with van der Waals surface area (Å²) < 4.78 is 5.46. The molecule has 0 unspecified atom stereocenters. The van der Waals surface area contributed by atoms with E-state index in [0.717, 1.165) is 23.2 Å². The summed E-state index contributed by atoms with van der Waals surface area (Å²) in [5.74, 6) is 0.883. The second kappa shape index (κ2) is 5.63. The summed E-state index contributed by atoms with van der Waals surface area (Å²) in [6, 6.07) is 7.24. The maximum atomic E-state index is 11.5. The zero-order valence-electron chi connectivity index (χ0n) is 13.2. The minimum Gasteiger partial charge on any atom is -0.495 e. The van der Waals surface area contributed by atoms with Gasteiger partial charge >= 0.3 is 0 Å². The van der Waals surface area contributed by atoms with Gasteiger partial charge in [0, 0.05) is 24.4 Å². The Hall–Kier alpha value is -2.89. The first-order valence-corrected chi connectivity index (χ1v) is 7.89. The fourth-order valence-corrected chi connectivity index (χ4v) is 3.89. The molecule has 0 spiro atoms. The Labute approximate surface area is 139 Å². The van der Waals surface area contributed by atoms with Gasteiger partial charge in [-0.1, -0.05) is 12.2 Å². The number of methoxy groups -OCH3 is 1. The van der Waals surface area contributed by atoms with Crippen molar-refractivity contribution in [1.82, 2.24) is 4.98 Å². The Morgan fingerprint density at radius 1 is 1.29 bits per heavy atom. The van der Waals surface area contributed by atoms with Crippen LogP contribution in [0.15, 0.2) is 48.8 Å². The standard InChI is InChI=1S/C18H17N3O3/c1-24-15-6-5-14(21(22)23)16-12-3-2-4-13(12)17(20-18(15)16)11-7-9-19-10-8-11/h2-3,5-10,12-13,17,20H,4H2,1H3/t12-,13+,17+/m0/s1. The Balaban J connectivity index is 1.90. The fourth-order valence-electron chi connectivity index (χ4n) is 3.89. The van der Waals surface area contributed by atoms with Gasteiger partial charge in [0.1, 0.15) is 5.75 Å². The lowest BCUT2D eigenvalue weighted by Crippen LogP contribution is -2.30. The summed E-state index contributed by atoms with van der Waals surface area (Å²) in [7, 11) is 1.58. The van der Waals surface area contributed by atoms with E-state index < -0.39 is 0 Å². The first-order valence-electron chi connectivity index (χ1n) is 7.89. The Kier molecular flexibility index (Phi) is 3.45. The molecule has 1 aliphatic heterocycles. The summed E-state index contributed by atoms with van der Waals surface area (Å²) in [6.07, 6.45) is 8.64. The SMILES string of the molecule is COc1ccc([N+](=O)[O-])c2c1N[C@H](c1ccncc1)[C@@H]1CC=C[C@H]21. The maximum absolute atomic E-state index is 11.5. The van der Waals surface area contributed by atoms with E-state index in [9.17, 15) is 10.1 Å². The summed E-state index contributed by atoms with van der Waals surface area (Å²) in [5.41, 5.74) is 2.72. The van der Waals surface area contributed by atoms with Crippen molar-refractivity contribution in [3.05, 3.63) is 70.1 Å². The van der Waals surface area contributed by atoms with Crippen LogP contribution < -0.4 is 10.1 Å². The van der Waals surface area contributed by atoms with Crippen LogP contribution in [0.25, 0.3) is 0 Å². The number of pyridine rings is 1. The summed E-state index contributed by atoms with van der Waals surface area (Å²) in [4.78, 5) is 15.3. The number of aromatic nitrogens is 1. The smallest absolute Gasteiger partial charge is 0.275 e. The number of nitrogens with one attached hydrogen (secondary N) is 1. The molecule has 0 amide bonds. The lowest BCUT2D eigenvalue weighted by atomic mass is 9.76. The van der Waals surface area contributed by atoms with Gasteiger partial charge < -0.3 is 10.1 Å². The lowest BCUT2D eigenvalue weighted by Gasteiger charge is -2.37. The van der Waals surface area contributed by atoms with Crippen LogP contribution in [0.3, 0.4) is 0 Å². The number of allylic oxidation sites excluding steroid dienone is 2. The Bertz CT molecular complexity index is 820. The largest absolute Gasteiger partial charge is 0.495 e. The Morgan fingerprint density at radius 2 is 2.08 bits per heavy atom. The molecular formula is C18H17N3O3. The zero-order valence-corrected chi connectivity index (χ0v) is 13.2. The highest BCUT2D eigenvalue weighted by Gasteiger charge is 2.42. The van der Waals surface area contributed by atoms with Gasteiger partial charge in [0.15, 0.2) is 0 Å². The topological polar surface area (TPSA) is 77.3 Å². The van der Waals surface area contributed by atoms with Crippen molar-refractivity contribution < 1.29 is 9.66 Å². The van der Waals surface area contributed by atoms with Gasteiger partial charge in [-0.05, 0) is 36.1 Å². The highest BCUT2D eigenvalue weighted by atomic mass is 16.6. The molecule has 0 radical (unpaired) electrons. The monoisotopic (exact) mass is 323 g/mol. The van der Waals surface area contributed by atoms with Crippen molar-refractivity contribution in [1.29, 1.82) is 0 Å². The molecule has 6 heteroatoms. The van der Waals surface area contributed by atoms with Crippen LogP contribution in [0.5, 0.6) is 5.75 Å². The third-order valence-corrected chi connectivity index (χ3v) is 4.94. The fraction of sp³-hybridized carbons (Fsp3) is 0.278. The van der Waals surface area contributed by atoms with Crippen LogP contribution in [-0.4, -0.2) is 17.0 Å². The minimum absolute atomic E-state index is 0.00918. The van der Waals surface area contributed by atoms with Crippen molar-refractivity contribution in [3.63, 3.8) is 0 Å². The number of hydrogen-bond donors (Lipinski definition) is 1. The van der Waals surface area contributed by atoms with Crippen molar-refractivity contribution in [2.75, 3.05) is 12.4 Å².